The van der Waals surface area contributed by atoms with Crippen LogP contribution in [0.3, 0.4) is 0 Å². The van der Waals surface area contributed by atoms with E-state index in [1.807, 2.05) is 0 Å². The highest BCUT2D eigenvalue weighted by Crippen LogP contribution is 2.47. The number of hydrogen-bond donors (Lipinski definition) is 0. The smallest absolute Gasteiger partial charge is 0.125 e. The van der Waals surface area contributed by atoms with Crippen LogP contribution in [0.1, 0.15) is 211 Å². The number of benzene rings is 6. The summed E-state index contributed by atoms with van der Waals surface area (Å²) < 4.78 is 0. The second-order valence-corrected chi connectivity index (χ2v) is 50.2. The standard InChI is InChI=1S/C76H100Si4/c1-49(2)77(50(3)4,51(5)6)41-37-69-65-29-25-26-30-66(65)70(38-42-78(52(7)8,53(9)10)54(11)12)74-46-62-35-36-64-48-76-72(40-44-80(58(19)20,59(21)22)60(23)24)68-32-28-27-31-67(68)71(39-43-79(55(13)14,56(15)16)57(17)18)75(76)47-63(64)34-33-61(62)45-73(69)74/h25-36,45-60H,1-24H3/b34-33-,36-35+,61-33?,62-35?,63-34?,64-36?. The van der Waals surface area contributed by atoms with E-state index in [0.29, 0.717) is 66.5 Å². The number of hydrogen-bond acceptors (Lipinski definition) is 0. The third-order valence-corrected chi connectivity index (χ3v) is 45.6. The molecule has 0 bridgehead atoms. The summed E-state index contributed by atoms with van der Waals surface area (Å²) >= 11 is 0. The minimum atomic E-state index is -2.10. The van der Waals surface area contributed by atoms with Crippen molar-refractivity contribution in [3.63, 3.8) is 0 Å². The Balaban J connectivity index is 1.63. The van der Waals surface area contributed by atoms with Crippen LogP contribution in [-0.4, -0.2) is 32.3 Å². The van der Waals surface area contributed by atoms with Crippen LogP contribution in [0.25, 0.3) is 67.4 Å². The molecule has 6 aromatic carbocycles. The summed E-state index contributed by atoms with van der Waals surface area (Å²) in [5.41, 5.74) is 32.4. The molecule has 1 aliphatic carbocycles. The molecule has 0 aromatic heterocycles. The zero-order valence-electron chi connectivity index (χ0n) is 54.2. The number of fused-ring (bicyclic) bond motifs is 6. The maximum atomic E-state index is 4.19. The van der Waals surface area contributed by atoms with Crippen molar-refractivity contribution in [1.82, 2.24) is 0 Å². The highest BCUT2D eigenvalue weighted by atomic mass is 28.3. The van der Waals surface area contributed by atoms with Gasteiger partial charge in [-0.3, -0.25) is 0 Å². The molecule has 0 radical (unpaired) electrons. The van der Waals surface area contributed by atoms with Gasteiger partial charge < -0.3 is 0 Å². The fourth-order valence-corrected chi connectivity index (χ4v) is 37.2. The van der Waals surface area contributed by atoms with Gasteiger partial charge in [0, 0.05) is 22.3 Å². The van der Waals surface area contributed by atoms with Crippen LogP contribution in [0.15, 0.2) is 72.8 Å². The summed E-state index contributed by atoms with van der Waals surface area (Å²) in [6.07, 6.45) is 9.50. The fraction of sp³-hybridized carbons (Fsp3) is 0.474. The lowest BCUT2D eigenvalue weighted by Gasteiger charge is -2.38. The molecule has 6 aromatic rings. The first kappa shape index (κ1) is 62.5. The predicted octanol–water partition coefficient (Wildman–Crippen LogP) is 23.2. The monoisotopic (exact) mass is 1120 g/mol. The Morgan fingerprint density at radius 3 is 0.512 bits per heavy atom. The average molecular weight is 1130 g/mol. The Hall–Kier alpha value is -5.05. The van der Waals surface area contributed by atoms with Gasteiger partial charge in [0.05, 0.1) is 0 Å². The third kappa shape index (κ3) is 10.8. The zero-order valence-corrected chi connectivity index (χ0v) is 58.2. The van der Waals surface area contributed by atoms with Gasteiger partial charge in [-0.2, -0.15) is 0 Å². The van der Waals surface area contributed by atoms with Crippen LogP contribution in [0.4, 0.5) is 0 Å². The first-order chi connectivity index (χ1) is 37.6. The molecule has 0 spiro atoms. The molecule has 0 unspecified atom stereocenters. The molecule has 7 rings (SSSR count). The third-order valence-electron chi connectivity index (χ3n) is 20.4. The first-order valence-corrected chi connectivity index (χ1v) is 40.0. The molecule has 80 heavy (non-hydrogen) atoms. The van der Waals surface area contributed by atoms with Gasteiger partial charge in [0.2, 0.25) is 0 Å². The van der Waals surface area contributed by atoms with E-state index in [9.17, 15) is 0 Å². The Kier molecular flexibility index (Phi) is 19.1. The molecule has 4 heteroatoms. The van der Waals surface area contributed by atoms with Gasteiger partial charge in [-0.1, -0.05) is 263 Å². The zero-order chi connectivity index (χ0) is 59.1. The molecule has 0 amide bonds. The minimum Gasteiger partial charge on any atom is -0.125 e. The lowest BCUT2D eigenvalue weighted by atomic mass is 9.87. The van der Waals surface area contributed by atoms with Crippen molar-refractivity contribution in [2.75, 3.05) is 0 Å². The van der Waals surface area contributed by atoms with Crippen molar-refractivity contribution in [2.45, 2.75) is 233 Å². The van der Waals surface area contributed by atoms with Crippen molar-refractivity contribution in [1.29, 1.82) is 0 Å². The quantitative estimate of drug-likeness (QED) is 0.0650. The van der Waals surface area contributed by atoms with Crippen LogP contribution in [-0.2, 0) is 0 Å². The van der Waals surface area contributed by atoms with Gasteiger partial charge in [-0.15, -0.1) is 22.2 Å². The van der Waals surface area contributed by atoms with Gasteiger partial charge in [0.1, 0.15) is 32.3 Å². The molecule has 0 heterocycles. The topological polar surface area (TPSA) is 0 Å². The maximum Gasteiger partial charge on any atom is 0.146 e. The Bertz CT molecular complexity index is 3060. The van der Waals surface area contributed by atoms with E-state index < -0.39 is 32.3 Å². The van der Waals surface area contributed by atoms with Crippen LogP contribution < -0.4 is 0 Å². The first-order valence-electron chi connectivity index (χ1n) is 31.1. The molecule has 420 valence electrons. The molecule has 1 aliphatic rings. The van der Waals surface area contributed by atoms with Gasteiger partial charge in [-0.25, -0.2) is 0 Å². The van der Waals surface area contributed by atoms with Gasteiger partial charge in [0.25, 0.3) is 0 Å². The van der Waals surface area contributed by atoms with E-state index in [2.05, 4.69) is 309 Å². The predicted molar refractivity (Wildman–Crippen MR) is 372 cm³/mol. The Labute approximate surface area is 492 Å². The molecule has 0 nitrogen and oxygen atoms in total. The van der Waals surface area contributed by atoms with E-state index in [1.54, 1.807) is 0 Å². The highest BCUT2D eigenvalue weighted by Gasteiger charge is 2.45. The summed E-state index contributed by atoms with van der Waals surface area (Å²) in [7, 11) is -8.38. The summed E-state index contributed by atoms with van der Waals surface area (Å²) in [6.45, 7) is 58.2. The highest BCUT2D eigenvalue weighted by molar-refractivity contribution is 6.92. The van der Waals surface area contributed by atoms with Crippen molar-refractivity contribution in [3.8, 4) is 45.9 Å². The second-order valence-electron chi connectivity index (χ2n) is 27.9. The Morgan fingerprint density at radius 1 is 0.225 bits per heavy atom. The van der Waals surface area contributed by atoms with Crippen LogP contribution in [0.2, 0.25) is 66.5 Å². The molecule has 0 fully saturated rings. The van der Waals surface area contributed by atoms with Gasteiger partial charge >= 0.3 is 0 Å². The van der Waals surface area contributed by atoms with Crippen molar-refractivity contribution < 1.29 is 0 Å². The summed E-state index contributed by atoms with van der Waals surface area (Å²) in [6, 6.07) is 27.9. The van der Waals surface area contributed by atoms with E-state index in [0.717, 1.165) is 22.3 Å². The minimum absolute atomic E-state index is 0.525. The fourth-order valence-electron chi connectivity index (χ4n) is 16.4. The molecule has 0 atom stereocenters. The normalized spacial score (nSPS) is 14.2. The summed E-state index contributed by atoms with van der Waals surface area (Å²) in [5, 5.41) is 9.63. The van der Waals surface area contributed by atoms with Crippen molar-refractivity contribution in [3.05, 3.63) is 117 Å². The lowest BCUT2D eigenvalue weighted by molar-refractivity contribution is 0.838. The summed E-state index contributed by atoms with van der Waals surface area (Å²) in [4.78, 5) is 0. The van der Waals surface area contributed by atoms with Gasteiger partial charge in [-0.05, 0) is 156 Å². The molecule has 0 saturated carbocycles. The number of rotatable bonds is 12. The lowest BCUT2D eigenvalue weighted by Crippen LogP contribution is -2.43. The van der Waals surface area contributed by atoms with E-state index in [-0.39, 0.29) is 0 Å². The Morgan fingerprint density at radius 2 is 0.375 bits per heavy atom. The van der Waals surface area contributed by atoms with E-state index in [4.69, 9.17) is 0 Å². The average Bonchev–Trinajstić information content (AvgIpc) is 3.37. The van der Waals surface area contributed by atoms with Crippen LogP contribution in [0.5, 0.6) is 0 Å². The summed E-state index contributed by atoms with van der Waals surface area (Å²) in [5.74, 6) is 16.2. The molecule has 0 N–H and O–H groups in total. The van der Waals surface area contributed by atoms with Crippen molar-refractivity contribution in [2.24, 2.45) is 0 Å². The van der Waals surface area contributed by atoms with E-state index >= 15 is 0 Å². The molecular formula is C76H100Si4. The van der Waals surface area contributed by atoms with Crippen LogP contribution in [0, 0.1) is 45.9 Å². The second kappa shape index (κ2) is 24.4. The SMILES string of the molecule is CC(C)[Si](C#Cc1c2ccccc2c(C#C[Si](C(C)C)(C(C)C)C(C)C)c2cc3c(cc12)/C=C\c1cc2c(C#C[Si](C(C)C)(C(C)C)C(C)C)c4ccccc4c(C#C[Si](C(C)C)(C(C)C)C(C)C)c2cc1/C=C/3)(C(C)C)C(C)C. The molecule has 0 aliphatic heterocycles. The van der Waals surface area contributed by atoms with Crippen LogP contribution >= 0.6 is 0 Å². The largest absolute Gasteiger partial charge is 0.146 e. The van der Waals surface area contributed by atoms with Gasteiger partial charge in [0.15, 0.2) is 0 Å². The van der Waals surface area contributed by atoms with Crippen molar-refractivity contribution >= 4 is 99.7 Å². The maximum absolute atomic E-state index is 4.19. The van der Waals surface area contributed by atoms with E-state index in [1.165, 1.54) is 65.3 Å². The molecular weight excluding hydrogens is 1030 g/mol. The molecule has 0 saturated heterocycles.